The van der Waals surface area contributed by atoms with Gasteiger partial charge in [-0.3, -0.25) is 0 Å². The van der Waals surface area contributed by atoms with Gasteiger partial charge in [0, 0.05) is 22.9 Å². The van der Waals surface area contributed by atoms with Gasteiger partial charge in [-0.15, -0.1) is 0 Å². The molecule has 328 valence electrons. The van der Waals surface area contributed by atoms with Gasteiger partial charge in [0.05, 0.1) is 23.8 Å². The number of hydrogen-bond donors (Lipinski definition) is 1. The third-order valence-corrected chi connectivity index (χ3v) is 12.8. The zero-order chi connectivity index (χ0) is 48.9. The Hall–Kier alpha value is -9.52. The summed E-state index contributed by atoms with van der Waals surface area (Å²) in [5.41, 5.74) is 23.6. The Bertz CT molecular complexity index is 3640. The van der Waals surface area contributed by atoms with E-state index in [-0.39, 0.29) is 0 Å². The van der Waals surface area contributed by atoms with E-state index < -0.39 is 0 Å². The van der Waals surface area contributed by atoms with Crippen molar-refractivity contribution < 1.29 is 0 Å². The van der Waals surface area contributed by atoms with Crippen LogP contribution in [0.4, 0.5) is 0 Å². The van der Waals surface area contributed by atoms with Gasteiger partial charge in [-0.2, -0.15) is 21.0 Å². The van der Waals surface area contributed by atoms with Gasteiger partial charge >= 0.3 is 0 Å². The summed E-state index contributed by atoms with van der Waals surface area (Å²) in [4.78, 5) is 0. The zero-order valence-electron chi connectivity index (χ0n) is 39.1. The normalized spacial score (nSPS) is 12.4. The summed E-state index contributed by atoms with van der Waals surface area (Å²) < 4.78 is 0. The lowest BCUT2D eigenvalue weighted by molar-refractivity contribution is 1.45. The molecule has 8 rings (SSSR count). The maximum absolute atomic E-state index is 9.54. The highest BCUT2D eigenvalue weighted by molar-refractivity contribution is 6.32. The van der Waals surface area contributed by atoms with Crippen LogP contribution in [0.3, 0.4) is 0 Å². The fourth-order valence-electron chi connectivity index (χ4n) is 9.16. The van der Waals surface area contributed by atoms with E-state index in [1.807, 2.05) is 39.8 Å². The van der Waals surface area contributed by atoms with E-state index in [1.165, 1.54) is 6.20 Å². The molecule has 0 saturated carbocycles. The highest BCUT2D eigenvalue weighted by atomic mass is 14.5. The van der Waals surface area contributed by atoms with Crippen molar-refractivity contribution in [1.29, 1.82) is 21.0 Å². The van der Waals surface area contributed by atoms with Gasteiger partial charge in [-0.25, -0.2) is 0 Å². The van der Waals surface area contributed by atoms with Crippen molar-refractivity contribution in [2.45, 2.75) is 27.7 Å². The van der Waals surface area contributed by atoms with Crippen LogP contribution in [0, 0.1) is 45.3 Å². The molecule has 5 nitrogen and oxygen atoms in total. The molecule has 0 radical (unpaired) electrons. The lowest BCUT2D eigenvalue weighted by Gasteiger charge is -2.22. The van der Waals surface area contributed by atoms with Crippen LogP contribution >= 0.6 is 0 Å². The van der Waals surface area contributed by atoms with Gasteiger partial charge in [0.1, 0.15) is 6.07 Å². The molecule has 0 fully saturated rings. The predicted molar refractivity (Wildman–Crippen MR) is 289 cm³/mol. The van der Waals surface area contributed by atoms with Gasteiger partial charge in [0.2, 0.25) is 0 Å². The topological polar surface area (TPSA) is 121 Å². The molecule has 0 spiro atoms. The van der Waals surface area contributed by atoms with Crippen LogP contribution in [0.1, 0.15) is 49.9 Å². The Morgan fingerprint density at radius 1 is 0.377 bits per heavy atom. The maximum Gasteiger partial charge on any atom is 0.101 e. The van der Waals surface area contributed by atoms with E-state index in [1.54, 1.807) is 12.2 Å². The van der Waals surface area contributed by atoms with Crippen molar-refractivity contribution >= 4 is 54.6 Å². The molecule has 0 saturated heterocycles. The van der Waals surface area contributed by atoms with E-state index in [0.29, 0.717) is 22.3 Å². The van der Waals surface area contributed by atoms with Crippen molar-refractivity contribution in [3.8, 4) is 68.8 Å². The summed E-state index contributed by atoms with van der Waals surface area (Å²) in [6.07, 6.45) is 8.54. The van der Waals surface area contributed by atoms with Crippen molar-refractivity contribution in [3.63, 3.8) is 0 Å². The van der Waals surface area contributed by atoms with E-state index in [0.717, 1.165) is 121 Å². The van der Waals surface area contributed by atoms with E-state index in [4.69, 9.17) is 5.73 Å². The minimum absolute atomic E-state index is 0.396. The van der Waals surface area contributed by atoms with Crippen molar-refractivity contribution in [1.82, 2.24) is 0 Å². The molecule has 0 atom stereocenters. The SMILES string of the molecule is C=C(C#N)/C=C(\C)c1ccc(-c2cc(-c3ccc(/C(C)=C/C(=C)C#N)cc3)c3ccc4c(-c5ccc(/C(C)=C/C(C#N)=C\N)cc5)cc(-c5ccc(/C(C)=C/C(=C)C#N)cc5)c5ccc2c3c54)cc1. The number of nitrogens with two attached hydrogens (primary N) is 1. The molecular formula is C64H47N5. The molecule has 0 aliphatic carbocycles. The van der Waals surface area contributed by atoms with E-state index >= 15 is 0 Å². The number of benzene rings is 8. The van der Waals surface area contributed by atoms with Gasteiger partial charge in [0.25, 0.3) is 0 Å². The Morgan fingerprint density at radius 2 is 0.623 bits per heavy atom. The summed E-state index contributed by atoms with van der Waals surface area (Å²) in [5, 5.41) is 44.5. The van der Waals surface area contributed by atoms with Crippen molar-refractivity contribution in [2.75, 3.05) is 0 Å². The maximum atomic E-state index is 9.54. The first-order valence-electron chi connectivity index (χ1n) is 22.4. The fourth-order valence-corrected chi connectivity index (χ4v) is 9.16. The average Bonchev–Trinajstić information content (AvgIpc) is 3.39. The molecule has 0 bridgehead atoms. The highest BCUT2D eigenvalue weighted by Crippen LogP contribution is 2.49. The number of rotatable bonds is 12. The van der Waals surface area contributed by atoms with E-state index in [2.05, 4.69) is 177 Å². The van der Waals surface area contributed by atoms with Crippen LogP contribution < -0.4 is 5.73 Å². The van der Waals surface area contributed by atoms with Crippen LogP contribution in [-0.4, -0.2) is 0 Å². The lowest BCUT2D eigenvalue weighted by Crippen LogP contribution is -1.95. The van der Waals surface area contributed by atoms with Gasteiger partial charge in [0.15, 0.2) is 0 Å². The Balaban J connectivity index is 1.42. The largest absolute Gasteiger partial charge is 0.404 e. The molecule has 0 unspecified atom stereocenters. The zero-order valence-corrected chi connectivity index (χ0v) is 39.1. The summed E-state index contributed by atoms with van der Waals surface area (Å²) >= 11 is 0. The number of nitriles is 4. The molecule has 8 aromatic carbocycles. The van der Waals surface area contributed by atoms with Crippen molar-refractivity contribution in [2.24, 2.45) is 5.73 Å². The minimum Gasteiger partial charge on any atom is -0.404 e. The molecule has 5 heteroatoms. The van der Waals surface area contributed by atoms with Crippen LogP contribution in [0.2, 0.25) is 0 Å². The fraction of sp³-hybridized carbons (Fsp3) is 0.0625. The molecular weight excluding hydrogens is 839 g/mol. The molecule has 2 N–H and O–H groups in total. The minimum atomic E-state index is 0.396. The van der Waals surface area contributed by atoms with Gasteiger partial charge in [-0.1, -0.05) is 141 Å². The third kappa shape index (κ3) is 9.19. The van der Waals surface area contributed by atoms with Crippen LogP contribution in [0.5, 0.6) is 0 Å². The van der Waals surface area contributed by atoms with Crippen LogP contribution in [0.15, 0.2) is 206 Å². The smallest absolute Gasteiger partial charge is 0.101 e. The Labute approximate surface area is 404 Å². The molecule has 0 aliphatic rings. The van der Waals surface area contributed by atoms with Gasteiger partial charge in [-0.05, 0) is 186 Å². The highest BCUT2D eigenvalue weighted by Gasteiger charge is 2.21. The first kappa shape index (κ1) is 46.0. The molecule has 0 amide bonds. The number of hydrogen-bond acceptors (Lipinski definition) is 5. The van der Waals surface area contributed by atoms with Crippen LogP contribution in [0.25, 0.3) is 99.1 Å². The predicted octanol–water partition coefficient (Wildman–Crippen LogP) is 16.5. The first-order chi connectivity index (χ1) is 33.3. The number of nitrogens with zero attached hydrogens (tertiary/aromatic N) is 4. The van der Waals surface area contributed by atoms with Crippen molar-refractivity contribution in [3.05, 3.63) is 228 Å². The molecule has 69 heavy (non-hydrogen) atoms. The summed E-state index contributed by atoms with van der Waals surface area (Å²) in [6.45, 7) is 19.5. The molecule has 0 aromatic heterocycles. The van der Waals surface area contributed by atoms with E-state index in [9.17, 15) is 21.0 Å². The van der Waals surface area contributed by atoms with Crippen LogP contribution in [-0.2, 0) is 0 Å². The van der Waals surface area contributed by atoms with Gasteiger partial charge < -0.3 is 5.73 Å². The monoisotopic (exact) mass is 885 g/mol. The number of allylic oxidation sites excluding steroid dienone is 12. The summed E-state index contributed by atoms with van der Waals surface area (Å²) in [5.74, 6) is 0. The quantitative estimate of drug-likeness (QED) is 0.0744. The second-order valence-electron chi connectivity index (χ2n) is 17.3. The Kier molecular flexibility index (Phi) is 13.0. The first-order valence-corrected chi connectivity index (χ1v) is 22.4. The third-order valence-electron chi connectivity index (χ3n) is 12.8. The molecule has 0 aliphatic heterocycles. The standard InChI is InChI=1S/C64H47N5/c1-39(34-65)28-42(4)47-8-16-51(17-9-47)59-32-60(52-18-10-48(11-19-52)43(5)29-40(2)35-66)56-26-27-58-62(54-22-14-50(15-23-54)45(7)31-46(37-68)38-69)33-61(57-25-24-55(59)63(56)64(57)58)53-20-12-49(13-21-53)44(6)30-41(3)36-67/h8-33,37H,1-3,68H2,4-7H3/b42-28+,43-29+,44-30+,45-31+,46-37+. The molecule has 0 heterocycles. The second-order valence-corrected chi connectivity index (χ2v) is 17.3. The second kappa shape index (κ2) is 19.5. The summed E-state index contributed by atoms with van der Waals surface area (Å²) in [6, 6.07) is 56.1. The average molecular weight is 886 g/mol. The lowest BCUT2D eigenvalue weighted by atomic mass is 9.81. The molecule has 8 aromatic rings. The Morgan fingerprint density at radius 3 is 0.841 bits per heavy atom. The summed E-state index contributed by atoms with van der Waals surface area (Å²) in [7, 11) is 0.